The number of ether oxygens (including phenoxy) is 2. The lowest BCUT2D eigenvalue weighted by atomic mass is 9.75. The maximum atomic E-state index is 12.6. The van der Waals surface area contributed by atoms with Gasteiger partial charge in [0.05, 0.1) is 12.5 Å². The zero-order valence-corrected chi connectivity index (χ0v) is 15.7. The highest BCUT2D eigenvalue weighted by molar-refractivity contribution is 5.78. The van der Waals surface area contributed by atoms with Crippen molar-refractivity contribution < 1.29 is 19.1 Å². The van der Waals surface area contributed by atoms with Crippen molar-refractivity contribution in [2.45, 2.75) is 52.1 Å². The van der Waals surface area contributed by atoms with Gasteiger partial charge < -0.3 is 14.4 Å². The Bertz CT molecular complexity index is 593. The number of amides is 1. The largest absolute Gasteiger partial charge is 0.469 e. The molecule has 1 aliphatic rings. The zero-order chi connectivity index (χ0) is 18.5. The van der Waals surface area contributed by atoms with Crippen LogP contribution in [0, 0.1) is 5.41 Å². The molecule has 0 spiro atoms. The molecule has 1 heterocycles. The molecule has 1 aromatic rings. The molecule has 1 atom stereocenters. The number of carbonyl (C=O) groups excluding carboxylic acids is 2. The molecule has 138 valence electrons. The lowest BCUT2D eigenvalue weighted by Crippen LogP contribution is -2.51. The van der Waals surface area contributed by atoms with Gasteiger partial charge in [-0.25, -0.2) is 4.79 Å². The van der Waals surface area contributed by atoms with Crippen molar-refractivity contribution >= 4 is 12.1 Å². The number of nitrogens with zero attached hydrogens (tertiary/aromatic N) is 1. The SMILES string of the molecule is COC(=O)C1(CCc2ccccc2)CCCN(C(=O)OC(C)(C)C)C1. The van der Waals surface area contributed by atoms with Gasteiger partial charge in [0.1, 0.15) is 5.60 Å². The summed E-state index contributed by atoms with van der Waals surface area (Å²) in [6.45, 7) is 6.49. The van der Waals surface area contributed by atoms with Gasteiger partial charge in [-0.3, -0.25) is 4.79 Å². The Morgan fingerprint density at radius 2 is 1.88 bits per heavy atom. The summed E-state index contributed by atoms with van der Waals surface area (Å²) < 4.78 is 10.6. The van der Waals surface area contributed by atoms with Crippen molar-refractivity contribution in [1.29, 1.82) is 0 Å². The monoisotopic (exact) mass is 347 g/mol. The van der Waals surface area contributed by atoms with Crippen LogP contribution in [0.1, 0.15) is 45.6 Å². The van der Waals surface area contributed by atoms with E-state index in [0.29, 0.717) is 19.5 Å². The van der Waals surface area contributed by atoms with Crippen LogP contribution in [0.4, 0.5) is 4.79 Å². The van der Waals surface area contributed by atoms with Crippen LogP contribution in [-0.4, -0.2) is 42.8 Å². The molecule has 0 aromatic heterocycles. The number of methoxy groups -OCH3 is 1. The summed E-state index contributed by atoms with van der Waals surface area (Å²) in [6, 6.07) is 10.1. The van der Waals surface area contributed by atoms with E-state index in [1.165, 1.54) is 12.7 Å². The molecule has 25 heavy (non-hydrogen) atoms. The highest BCUT2D eigenvalue weighted by Crippen LogP contribution is 2.36. The molecule has 1 unspecified atom stereocenters. The summed E-state index contributed by atoms with van der Waals surface area (Å²) in [4.78, 5) is 26.7. The fourth-order valence-electron chi connectivity index (χ4n) is 3.33. The van der Waals surface area contributed by atoms with Crippen molar-refractivity contribution in [3.63, 3.8) is 0 Å². The normalized spacial score (nSPS) is 20.9. The number of esters is 1. The number of carbonyl (C=O) groups is 2. The number of benzene rings is 1. The minimum Gasteiger partial charge on any atom is -0.469 e. The average Bonchev–Trinajstić information content (AvgIpc) is 2.59. The van der Waals surface area contributed by atoms with Crippen LogP contribution in [-0.2, 0) is 20.7 Å². The first-order valence-electron chi connectivity index (χ1n) is 8.86. The van der Waals surface area contributed by atoms with Gasteiger partial charge in [-0.15, -0.1) is 0 Å². The number of rotatable bonds is 4. The van der Waals surface area contributed by atoms with E-state index in [9.17, 15) is 9.59 Å². The first-order valence-corrected chi connectivity index (χ1v) is 8.86. The fourth-order valence-corrected chi connectivity index (χ4v) is 3.33. The van der Waals surface area contributed by atoms with Gasteiger partial charge in [-0.2, -0.15) is 0 Å². The van der Waals surface area contributed by atoms with Crippen LogP contribution in [0.3, 0.4) is 0 Å². The third kappa shape index (κ3) is 5.21. The lowest BCUT2D eigenvalue weighted by Gasteiger charge is -2.41. The van der Waals surface area contributed by atoms with E-state index >= 15 is 0 Å². The van der Waals surface area contributed by atoms with E-state index in [0.717, 1.165) is 19.3 Å². The molecule has 2 rings (SSSR count). The molecule has 0 aliphatic carbocycles. The Hall–Kier alpha value is -2.04. The summed E-state index contributed by atoms with van der Waals surface area (Å²) in [5, 5.41) is 0. The highest BCUT2D eigenvalue weighted by Gasteiger charge is 2.44. The van der Waals surface area contributed by atoms with Gasteiger partial charge in [0.15, 0.2) is 0 Å². The molecule has 1 amide bonds. The van der Waals surface area contributed by atoms with Gasteiger partial charge in [0, 0.05) is 13.1 Å². The molecule has 5 nitrogen and oxygen atoms in total. The summed E-state index contributed by atoms with van der Waals surface area (Å²) in [5.41, 5.74) is -0.0353. The molecule has 1 fully saturated rings. The topological polar surface area (TPSA) is 55.8 Å². The third-order valence-corrected chi connectivity index (χ3v) is 4.58. The average molecular weight is 347 g/mol. The van der Waals surface area contributed by atoms with Gasteiger partial charge in [0.25, 0.3) is 0 Å². The highest BCUT2D eigenvalue weighted by atomic mass is 16.6. The van der Waals surface area contributed by atoms with Crippen LogP contribution >= 0.6 is 0 Å². The Morgan fingerprint density at radius 3 is 2.48 bits per heavy atom. The van der Waals surface area contributed by atoms with Gasteiger partial charge in [-0.05, 0) is 52.0 Å². The Morgan fingerprint density at radius 1 is 1.20 bits per heavy atom. The molecule has 1 aromatic carbocycles. The van der Waals surface area contributed by atoms with Gasteiger partial charge in [0.2, 0.25) is 0 Å². The summed E-state index contributed by atoms with van der Waals surface area (Å²) in [7, 11) is 1.42. The molecule has 5 heteroatoms. The molecule has 0 bridgehead atoms. The first kappa shape index (κ1) is 19.3. The Balaban J connectivity index is 2.12. The van der Waals surface area contributed by atoms with Crippen LogP contribution in [0.15, 0.2) is 30.3 Å². The number of likely N-dealkylation sites (tertiary alicyclic amines) is 1. The van der Waals surface area contributed by atoms with E-state index in [4.69, 9.17) is 9.47 Å². The van der Waals surface area contributed by atoms with Gasteiger partial charge in [-0.1, -0.05) is 30.3 Å². The molecule has 1 saturated heterocycles. The minimum atomic E-state index is -0.667. The van der Waals surface area contributed by atoms with Crippen molar-refractivity contribution in [3.8, 4) is 0 Å². The Labute approximate surface area is 150 Å². The predicted molar refractivity (Wildman–Crippen MR) is 96.3 cm³/mol. The molecule has 0 N–H and O–H groups in total. The van der Waals surface area contributed by atoms with E-state index in [1.54, 1.807) is 4.90 Å². The second-order valence-electron chi connectivity index (χ2n) is 7.76. The fraction of sp³-hybridized carbons (Fsp3) is 0.600. The van der Waals surface area contributed by atoms with Gasteiger partial charge >= 0.3 is 12.1 Å². The summed E-state index contributed by atoms with van der Waals surface area (Å²) in [6.07, 6.45) is 2.57. The predicted octanol–water partition coefficient (Wildman–Crippen LogP) is 3.81. The quantitative estimate of drug-likeness (QED) is 0.777. The molecule has 1 aliphatic heterocycles. The minimum absolute atomic E-state index is 0.239. The number of hydrogen-bond donors (Lipinski definition) is 0. The van der Waals surface area contributed by atoms with E-state index in [2.05, 4.69) is 12.1 Å². The van der Waals surface area contributed by atoms with Crippen molar-refractivity contribution in [2.75, 3.05) is 20.2 Å². The van der Waals surface area contributed by atoms with Crippen LogP contribution in [0.25, 0.3) is 0 Å². The maximum absolute atomic E-state index is 12.6. The molecule has 0 saturated carbocycles. The van der Waals surface area contributed by atoms with Crippen molar-refractivity contribution in [2.24, 2.45) is 5.41 Å². The number of piperidine rings is 1. The second kappa shape index (κ2) is 7.89. The van der Waals surface area contributed by atoms with E-state index in [1.807, 2.05) is 39.0 Å². The van der Waals surface area contributed by atoms with Crippen molar-refractivity contribution in [3.05, 3.63) is 35.9 Å². The van der Waals surface area contributed by atoms with Crippen LogP contribution in [0.2, 0.25) is 0 Å². The van der Waals surface area contributed by atoms with Crippen LogP contribution in [0.5, 0.6) is 0 Å². The summed E-state index contributed by atoms with van der Waals surface area (Å²) >= 11 is 0. The number of hydrogen-bond acceptors (Lipinski definition) is 4. The Kier molecular flexibility index (Phi) is 6.09. The van der Waals surface area contributed by atoms with E-state index in [-0.39, 0.29) is 12.1 Å². The molecular weight excluding hydrogens is 318 g/mol. The second-order valence-corrected chi connectivity index (χ2v) is 7.76. The number of aryl methyl sites for hydroxylation is 1. The zero-order valence-electron chi connectivity index (χ0n) is 15.7. The van der Waals surface area contributed by atoms with Crippen LogP contribution < -0.4 is 0 Å². The third-order valence-electron chi connectivity index (χ3n) is 4.58. The standard InChI is InChI=1S/C20H29NO4/c1-19(2,3)25-18(23)21-14-8-12-20(15-21,17(22)24-4)13-11-16-9-6-5-7-10-16/h5-7,9-10H,8,11-15H2,1-4H3. The molecular formula is C20H29NO4. The van der Waals surface area contributed by atoms with E-state index < -0.39 is 11.0 Å². The lowest BCUT2D eigenvalue weighted by molar-refractivity contribution is -0.156. The molecule has 0 radical (unpaired) electrons. The maximum Gasteiger partial charge on any atom is 0.410 e. The summed E-state index contributed by atoms with van der Waals surface area (Å²) in [5.74, 6) is -0.239. The first-order chi connectivity index (χ1) is 11.8. The van der Waals surface area contributed by atoms with Crippen molar-refractivity contribution in [1.82, 2.24) is 4.90 Å². The smallest absolute Gasteiger partial charge is 0.410 e.